The summed E-state index contributed by atoms with van der Waals surface area (Å²) >= 11 is 1.67. The molecule has 18 heavy (non-hydrogen) atoms. The van der Waals surface area contributed by atoms with Gasteiger partial charge in [0.25, 0.3) is 0 Å². The monoisotopic (exact) mass is 266 g/mol. The Kier molecular flexibility index (Phi) is 4.81. The maximum absolute atomic E-state index is 5.42. The Bertz CT molecular complexity index is 432. The Labute approximate surface area is 112 Å². The molecule has 1 aromatic heterocycles. The third-order valence-electron chi connectivity index (χ3n) is 2.68. The van der Waals surface area contributed by atoms with Crippen LogP contribution in [0.25, 0.3) is 0 Å². The molecule has 1 aromatic rings. The molecule has 0 aromatic carbocycles. The zero-order valence-corrected chi connectivity index (χ0v) is 11.5. The van der Waals surface area contributed by atoms with Crippen LogP contribution in [0.15, 0.2) is 23.4 Å². The highest BCUT2D eigenvalue weighted by Gasteiger charge is 2.15. The van der Waals surface area contributed by atoms with Gasteiger partial charge in [-0.3, -0.25) is 0 Å². The first-order chi connectivity index (χ1) is 8.83. The van der Waals surface area contributed by atoms with Gasteiger partial charge >= 0.3 is 0 Å². The molecule has 0 unspecified atom stereocenters. The fraction of sp³-hybridized carbons (Fsp3) is 0.538. The molecule has 1 aliphatic rings. The van der Waals surface area contributed by atoms with Gasteiger partial charge in [-0.25, -0.2) is 4.98 Å². The Balaban J connectivity index is 1.99. The normalized spacial score (nSPS) is 15.3. The van der Waals surface area contributed by atoms with E-state index in [-0.39, 0.29) is 0 Å². The lowest BCUT2D eigenvalue weighted by molar-refractivity contribution is 0.122. The first kappa shape index (κ1) is 13.1. The van der Waals surface area contributed by atoms with Gasteiger partial charge in [-0.05, 0) is 6.92 Å². The molecular formula is C13H18N2O2S. The molecule has 2 heterocycles. The third-order valence-corrected chi connectivity index (χ3v) is 3.63. The van der Waals surface area contributed by atoms with Crippen LogP contribution in [0, 0.1) is 0 Å². The topological polar surface area (TPSA) is 34.6 Å². The molecule has 1 fully saturated rings. The van der Waals surface area contributed by atoms with Crippen molar-refractivity contribution in [2.45, 2.75) is 13.3 Å². The average Bonchev–Trinajstić information content (AvgIpc) is 2.88. The molecule has 0 N–H and O–H groups in total. The lowest BCUT2D eigenvalue weighted by Crippen LogP contribution is -2.36. The van der Waals surface area contributed by atoms with Crippen molar-refractivity contribution in [1.29, 1.82) is 0 Å². The summed E-state index contributed by atoms with van der Waals surface area (Å²) in [6.45, 7) is 9.63. The molecule has 98 valence electrons. The van der Waals surface area contributed by atoms with E-state index in [2.05, 4.69) is 27.6 Å². The van der Waals surface area contributed by atoms with Crippen molar-refractivity contribution in [1.82, 2.24) is 4.98 Å². The largest absolute Gasteiger partial charge is 0.490 e. The van der Waals surface area contributed by atoms with Gasteiger partial charge in [0, 0.05) is 18.5 Å². The van der Waals surface area contributed by atoms with Crippen LogP contribution >= 0.6 is 11.3 Å². The van der Waals surface area contributed by atoms with E-state index < -0.39 is 0 Å². The maximum atomic E-state index is 5.42. The van der Waals surface area contributed by atoms with E-state index in [9.17, 15) is 0 Å². The van der Waals surface area contributed by atoms with E-state index in [0.29, 0.717) is 13.0 Å². The van der Waals surface area contributed by atoms with Crippen molar-refractivity contribution in [3.05, 3.63) is 29.1 Å². The van der Waals surface area contributed by atoms with Crippen LogP contribution in [-0.4, -0.2) is 37.9 Å². The summed E-state index contributed by atoms with van der Waals surface area (Å²) < 4.78 is 10.8. The standard InChI is InChI=1S/C13H18N2O2S/c1-3-12(17-4-2)9-11-10-18-13(14-11)15-5-7-16-8-6-15/h10H,1,4-9H2,2H3. The molecule has 0 atom stereocenters. The summed E-state index contributed by atoms with van der Waals surface area (Å²) in [5.74, 6) is 0.760. The van der Waals surface area contributed by atoms with E-state index in [1.54, 1.807) is 11.3 Å². The van der Waals surface area contributed by atoms with Crippen molar-refractivity contribution in [2.24, 2.45) is 0 Å². The van der Waals surface area contributed by atoms with Gasteiger partial charge in [-0.1, -0.05) is 12.3 Å². The number of allylic oxidation sites excluding steroid dienone is 1. The summed E-state index contributed by atoms with van der Waals surface area (Å²) in [5, 5.41) is 3.13. The van der Waals surface area contributed by atoms with Crippen LogP contribution in [0.4, 0.5) is 5.13 Å². The number of nitrogens with zero attached hydrogens (tertiary/aromatic N) is 2. The van der Waals surface area contributed by atoms with Gasteiger partial charge in [-0.15, -0.1) is 11.3 Å². The van der Waals surface area contributed by atoms with E-state index >= 15 is 0 Å². The molecule has 5 heteroatoms. The zero-order valence-electron chi connectivity index (χ0n) is 10.6. The van der Waals surface area contributed by atoms with Gasteiger partial charge in [0.15, 0.2) is 5.13 Å². The van der Waals surface area contributed by atoms with E-state index in [1.165, 1.54) is 0 Å². The molecule has 0 saturated carbocycles. The molecule has 1 aliphatic heterocycles. The second-order valence-electron chi connectivity index (χ2n) is 3.93. The predicted molar refractivity (Wildman–Crippen MR) is 73.1 cm³/mol. The van der Waals surface area contributed by atoms with E-state index in [0.717, 1.165) is 42.9 Å². The maximum Gasteiger partial charge on any atom is 0.185 e. The van der Waals surface area contributed by atoms with Crippen LogP contribution in [-0.2, 0) is 15.9 Å². The number of hydrogen-bond donors (Lipinski definition) is 0. The number of ether oxygens (including phenoxy) is 2. The Morgan fingerprint density at radius 3 is 3.06 bits per heavy atom. The van der Waals surface area contributed by atoms with Gasteiger partial charge in [0.2, 0.25) is 0 Å². The first-order valence-electron chi connectivity index (χ1n) is 6.12. The number of hydrogen-bond acceptors (Lipinski definition) is 5. The molecule has 0 amide bonds. The van der Waals surface area contributed by atoms with Crippen LogP contribution in [0.5, 0.6) is 0 Å². The molecule has 2 rings (SSSR count). The lowest BCUT2D eigenvalue weighted by Gasteiger charge is -2.26. The summed E-state index contributed by atoms with van der Waals surface area (Å²) in [6.07, 6.45) is 0.665. The van der Waals surface area contributed by atoms with Crippen molar-refractivity contribution in [3.63, 3.8) is 0 Å². The molecule has 0 aliphatic carbocycles. The second-order valence-corrected chi connectivity index (χ2v) is 4.77. The summed E-state index contributed by atoms with van der Waals surface area (Å²) in [7, 11) is 0. The molecular weight excluding hydrogens is 248 g/mol. The third kappa shape index (κ3) is 3.35. The zero-order chi connectivity index (χ0) is 12.8. The number of aromatic nitrogens is 1. The fourth-order valence-electron chi connectivity index (χ4n) is 1.78. The van der Waals surface area contributed by atoms with Crippen LogP contribution in [0.3, 0.4) is 0 Å². The van der Waals surface area contributed by atoms with Crippen LogP contribution in [0.1, 0.15) is 12.6 Å². The van der Waals surface area contributed by atoms with Crippen molar-refractivity contribution in [3.8, 4) is 0 Å². The van der Waals surface area contributed by atoms with Crippen molar-refractivity contribution in [2.75, 3.05) is 37.8 Å². The second kappa shape index (κ2) is 6.59. The minimum absolute atomic E-state index is 0.637. The van der Waals surface area contributed by atoms with Gasteiger partial charge < -0.3 is 14.4 Å². The molecule has 0 radical (unpaired) electrons. The highest BCUT2D eigenvalue weighted by Crippen LogP contribution is 2.22. The Hall–Kier alpha value is -1.29. The van der Waals surface area contributed by atoms with Crippen LogP contribution < -0.4 is 4.90 Å². The highest BCUT2D eigenvalue weighted by atomic mass is 32.1. The van der Waals surface area contributed by atoms with E-state index in [1.807, 2.05) is 6.92 Å². The SMILES string of the molecule is C=C=C(Cc1csc(N2CCOCC2)n1)OCC. The minimum Gasteiger partial charge on any atom is -0.490 e. The Morgan fingerprint density at radius 1 is 1.61 bits per heavy atom. The smallest absolute Gasteiger partial charge is 0.185 e. The van der Waals surface area contributed by atoms with Crippen molar-refractivity contribution < 1.29 is 9.47 Å². The first-order valence-corrected chi connectivity index (χ1v) is 7.00. The number of thiazole rings is 1. The summed E-state index contributed by atoms with van der Waals surface area (Å²) in [6, 6.07) is 0. The quantitative estimate of drug-likeness (QED) is 0.604. The van der Waals surface area contributed by atoms with Gasteiger partial charge in [0.05, 0.1) is 31.9 Å². The average molecular weight is 266 g/mol. The molecule has 1 saturated heterocycles. The van der Waals surface area contributed by atoms with E-state index in [4.69, 9.17) is 9.47 Å². The number of anilines is 1. The molecule has 0 spiro atoms. The van der Waals surface area contributed by atoms with Crippen LogP contribution in [0.2, 0.25) is 0 Å². The van der Waals surface area contributed by atoms with Gasteiger partial charge in [0.1, 0.15) is 5.76 Å². The van der Waals surface area contributed by atoms with Gasteiger partial charge in [-0.2, -0.15) is 0 Å². The number of rotatable bonds is 5. The summed E-state index contributed by atoms with van der Waals surface area (Å²) in [4.78, 5) is 6.88. The lowest BCUT2D eigenvalue weighted by atomic mass is 10.3. The molecule has 4 nitrogen and oxygen atoms in total. The fourth-order valence-corrected chi connectivity index (χ4v) is 2.66. The predicted octanol–water partition coefficient (Wildman–Crippen LogP) is 2.23. The minimum atomic E-state index is 0.637. The molecule has 0 bridgehead atoms. The number of morpholine rings is 1. The summed E-state index contributed by atoms with van der Waals surface area (Å²) in [5.41, 5.74) is 3.83. The highest BCUT2D eigenvalue weighted by molar-refractivity contribution is 7.13. The Morgan fingerprint density at radius 2 is 2.39 bits per heavy atom. The van der Waals surface area contributed by atoms with Crippen molar-refractivity contribution >= 4 is 16.5 Å².